The van der Waals surface area contributed by atoms with Gasteiger partial charge < -0.3 is 23.7 Å². The molecule has 1 atom stereocenters. The number of nitrogens with one attached hydrogen (secondary N) is 1. The highest BCUT2D eigenvalue weighted by molar-refractivity contribution is 5.99. The van der Waals surface area contributed by atoms with Crippen molar-refractivity contribution >= 4 is 28.7 Å². The van der Waals surface area contributed by atoms with Crippen LogP contribution in [0.2, 0.25) is 0 Å². The summed E-state index contributed by atoms with van der Waals surface area (Å²) in [5.41, 5.74) is 1.14. The van der Waals surface area contributed by atoms with Gasteiger partial charge in [0.2, 0.25) is 5.76 Å². The summed E-state index contributed by atoms with van der Waals surface area (Å²) in [4.78, 5) is 24.8. The number of para-hydroxylation sites is 1. The maximum atomic E-state index is 12.6. The van der Waals surface area contributed by atoms with Crippen LogP contribution in [0.25, 0.3) is 11.0 Å². The van der Waals surface area contributed by atoms with E-state index in [9.17, 15) is 9.59 Å². The third-order valence-corrected chi connectivity index (χ3v) is 3.87. The molecule has 0 radical (unpaired) electrons. The number of esters is 1. The Morgan fingerprint density at radius 1 is 1.30 bits per heavy atom. The van der Waals surface area contributed by atoms with E-state index in [4.69, 9.17) is 18.4 Å². The van der Waals surface area contributed by atoms with E-state index in [1.54, 1.807) is 25.1 Å². The number of benzene rings is 1. The SMILES string of the molecule is CCOCc1c(C(=O)O[C@@H](C)C(=O)Nc2cc(C)on2)oc2ccccc12. The number of anilines is 1. The van der Waals surface area contributed by atoms with Crippen LogP contribution in [0.4, 0.5) is 5.82 Å². The third-order valence-electron chi connectivity index (χ3n) is 3.87. The molecule has 27 heavy (non-hydrogen) atoms. The Morgan fingerprint density at radius 2 is 2.07 bits per heavy atom. The highest BCUT2D eigenvalue weighted by atomic mass is 16.6. The second kappa shape index (κ2) is 8.05. The van der Waals surface area contributed by atoms with E-state index in [0.29, 0.717) is 23.5 Å². The van der Waals surface area contributed by atoms with E-state index in [-0.39, 0.29) is 18.2 Å². The normalized spacial score (nSPS) is 12.1. The average molecular weight is 372 g/mol. The smallest absolute Gasteiger partial charge is 0.375 e. The van der Waals surface area contributed by atoms with Crippen LogP contribution in [0.15, 0.2) is 39.3 Å². The minimum atomic E-state index is -1.05. The van der Waals surface area contributed by atoms with Gasteiger partial charge in [0.25, 0.3) is 5.91 Å². The van der Waals surface area contributed by atoms with Crippen LogP contribution >= 0.6 is 0 Å². The molecule has 0 spiro atoms. The number of nitrogens with zero attached hydrogens (tertiary/aromatic N) is 1. The van der Waals surface area contributed by atoms with Crippen molar-refractivity contribution in [2.45, 2.75) is 33.5 Å². The molecule has 0 saturated carbocycles. The lowest BCUT2D eigenvalue weighted by Crippen LogP contribution is -2.30. The van der Waals surface area contributed by atoms with Gasteiger partial charge in [0.15, 0.2) is 11.9 Å². The molecule has 0 unspecified atom stereocenters. The third kappa shape index (κ3) is 4.17. The Labute approximate surface area is 155 Å². The molecular weight excluding hydrogens is 352 g/mol. The molecule has 1 amide bonds. The first-order valence-corrected chi connectivity index (χ1v) is 8.53. The second-order valence-electron chi connectivity index (χ2n) is 5.90. The van der Waals surface area contributed by atoms with Gasteiger partial charge in [0.1, 0.15) is 11.3 Å². The van der Waals surface area contributed by atoms with Crippen molar-refractivity contribution in [3.8, 4) is 0 Å². The van der Waals surface area contributed by atoms with Crippen LogP contribution in [0.5, 0.6) is 0 Å². The van der Waals surface area contributed by atoms with Crippen molar-refractivity contribution in [2.24, 2.45) is 0 Å². The van der Waals surface area contributed by atoms with Gasteiger partial charge >= 0.3 is 5.97 Å². The fourth-order valence-electron chi connectivity index (χ4n) is 2.53. The Balaban J connectivity index is 1.75. The van der Waals surface area contributed by atoms with Crippen LogP contribution in [0, 0.1) is 6.92 Å². The molecule has 1 aromatic carbocycles. The molecule has 0 saturated heterocycles. The summed E-state index contributed by atoms with van der Waals surface area (Å²) in [5, 5.41) is 6.96. The number of furan rings is 1. The van der Waals surface area contributed by atoms with Gasteiger partial charge in [-0.1, -0.05) is 23.4 Å². The molecule has 8 heteroatoms. The molecule has 8 nitrogen and oxygen atoms in total. The Bertz CT molecular complexity index is 958. The average Bonchev–Trinajstić information content (AvgIpc) is 3.23. The standard InChI is InChI=1S/C19H20N2O6/c1-4-24-10-14-13-7-5-6-8-15(13)26-17(14)19(23)25-12(3)18(22)20-16-9-11(2)27-21-16/h5-9,12H,4,10H2,1-3H3,(H,20,21,22)/t12-/m0/s1. The molecule has 3 aromatic rings. The van der Waals surface area contributed by atoms with Gasteiger partial charge in [0.05, 0.1) is 6.61 Å². The minimum absolute atomic E-state index is 0.0292. The van der Waals surface area contributed by atoms with Gasteiger partial charge in [-0.05, 0) is 26.8 Å². The Kier molecular flexibility index (Phi) is 5.56. The predicted molar refractivity (Wildman–Crippen MR) is 96.3 cm³/mol. The molecule has 2 heterocycles. The zero-order valence-corrected chi connectivity index (χ0v) is 15.3. The molecule has 0 aliphatic rings. The fourth-order valence-corrected chi connectivity index (χ4v) is 2.53. The molecule has 0 aliphatic heterocycles. The summed E-state index contributed by atoms with van der Waals surface area (Å²) in [5.74, 6) is -0.431. The van der Waals surface area contributed by atoms with Gasteiger partial charge in [0, 0.05) is 23.6 Å². The minimum Gasteiger partial charge on any atom is -0.449 e. The predicted octanol–water partition coefficient (Wildman–Crippen LogP) is 3.45. The number of amides is 1. The number of carbonyl (C=O) groups excluding carboxylic acids is 2. The van der Waals surface area contributed by atoms with Crippen molar-refractivity contribution in [1.82, 2.24) is 5.16 Å². The molecule has 1 N–H and O–H groups in total. The van der Waals surface area contributed by atoms with Crippen molar-refractivity contribution in [3.63, 3.8) is 0 Å². The summed E-state index contributed by atoms with van der Waals surface area (Å²) in [6.07, 6.45) is -1.05. The summed E-state index contributed by atoms with van der Waals surface area (Å²) in [7, 11) is 0. The van der Waals surface area contributed by atoms with Crippen LogP contribution in [-0.4, -0.2) is 29.7 Å². The van der Waals surface area contributed by atoms with Gasteiger partial charge in [-0.15, -0.1) is 0 Å². The molecule has 0 aliphatic carbocycles. The topological polar surface area (TPSA) is 104 Å². The second-order valence-corrected chi connectivity index (χ2v) is 5.90. The van der Waals surface area contributed by atoms with Crippen molar-refractivity contribution in [2.75, 3.05) is 11.9 Å². The van der Waals surface area contributed by atoms with Crippen LogP contribution in [0.3, 0.4) is 0 Å². The molecule has 2 aromatic heterocycles. The Morgan fingerprint density at radius 3 is 2.78 bits per heavy atom. The van der Waals surface area contributed by atoms with Crippen LogP contribution in [0.1, 0.15) is 35.7 Å². The number of fused-ring (bicyclic) bond motifs is 1. The Hall–Kier alpha value is -3.13. The lowest BCUT2D eigenvalue weighted by atomic mass is 10.1. The number of carbonyl (C=O) groups is 2. The molecule has 142 valence electrons. The molecule has 3 rings (SSSR count). The van der Waals surface area contributed by atoms with Gasteiger partial charge in [-0.25, -0.2) is 4.79 Å². The van der Waals surface area contributed by atoms with E-state index in [0.717, 1.165) is 5.39 Å². The molecule has 0 bridgehead atoms. The van der Waals surface area contributed by atoms with Crippen molar-refractivity contribution < 1.29 is 28.0 Å². The quantitative estimate of drug-likeness (QED) is 0.633. The first kappa shape index (κ1) is 18.7. The largest absolute Gasteiger partial charge is 0.449 e. The molecular formula is C19H20N2O6. The number of hydrogen-bond acceptors (Lipinski definition) is 7. The van der Waals surface area contributed by atoms with E-state index in [1.165, 1.54) is 6.92 Å². The van der Waals surface area contributed by atoms with Crippen LogP contribution in [-0.2, 0) is 20.9 Å². The first-order chi connectivity index (χ1) is 13.0. The lowest BCUT2D eigenvalue weighted by Gasteiger charge is -2.12. The zero-order chi connectivity index (χ0) is 19.4. The van der Waals surface area contributed by atoms with Crippen molar-refractivity contribution in [1.29, 1.82) is 0 Å². The highest BCUT2D eigenvalue weighted by Gasteiger charge is 2.26. The number of hydrogen-bond donors (Lipinski definition) is 1. The van der Waals surface area contributed by atoms with E-state index in [1.807, 2.05) is 19.1 Å². The number of aryl methyl sites for hydroxylation is 1. The van der Waals surface area contributed by atoms with Gasteiger partial charge in [-0.3, -0.25) is 4.79 Å². The first-order valence-electron chi connectivity index (χ1n) is 8.53. The van der Waals surface area contributed by atoms with Crippen LogP contribution < -0.4 is 5.32 Å². The van der Waals surface area contributed by atoms with E-state index >= 15 is 0 Å². The van der Waals surface area contributed by atoms with Crippen molar-refractivity contribution in [3.05, 3.63) is 47.4 Å². The maximum Gasteiger partial charge on any atom is 0.375 e. The zero-order valence-electron chi connectivity index (χ0n) is 15.3. The monoisotopic (exact) mass is 372 g/mol. The number of rotatable bonds is 7. The van der Waals surface area contributed by atoms with Gasteiger partial charge in [-0.2, -0.15) is 0 Å². The lowest BCUT2D eigenvalue weighted by molar-refractivity contribution is -0.123. The van der Waals surface area contributed by atoms with E-state index in [2.05, 4.69) is 10.5 Å². The summed E-state index contributed by atoms with van der Waals surface area (Å²) in [6.45, 7) is 5.72. The summed E-state index contributed by atoms with van der Waals surface area (Å²) >= 11 is 0. The summed E-state index contributed by atoms with van der Waals surface area (Å²) in [6, 6.07) is 8.81. The maximum absolute atomic E-state index is 12.6. The fraction of sp³-hybridized carbons (Fsp3) is 0.316. The summed E-state index contributed by atoms with van der Waals surface area (Å²) < 4.78 is 21.2. The van der Waals surface area contributed by atoms with E-state index < -0.39 is 18.0 Å². The number of ether oxygens (including phenoxy) is 2. The molecule has 0 fully saturated rings. The highest BCUT2D eigenvalue weighted by Crippen LogP contribution is 2.27. The number of aromatic nitrogens is 1.